The van der Waals surface area contributed by atoms with E-state index in [1.807, 2.05) is 40.2 Å². The predicted octanol–water partition coefficient (Wildman–Crippen LogP) is 2.92. The average Bonchev–Trinajstić information content (AvgIpc) is 3.20. The van der Waals surface area contributed by atoms with Crippen molar-refractivity contribution in [3.8, 4) is 0 Å². The van der Waals surface area contributed by atoms with Gasteiger partial charge in [-0.1, -0.05) is 17.7 Å². The fraction of sp³-hybridized carbons (Fsp3) is 0.389. The summed E-state index contributed by atoms with van der Waals surface area (Å²) in [6.45, 7) is 3.54. The van der Waals surface area contributed by atoms with Gasteiger partial charge in [-0.05, 0) is 12.1 Å². The maximum Gasteiger partial charge on any atom is 0.224 e. The van der Waals surface area contributed by atoms with Crippen molar-refractivity contribution in [2.45, 2.75) is 19.5 Å². The van der Waals surface area contributed by atoms with Gasteiger partial charge in [-0.2, -0.15) is 5.10 Å². The van der Waals surface area contributed by atoms with Crippen LogP contribution < -0.4 is 0 Å². The van der Waals surface area contributed by atoms with Crippen LogP contribution in [0.5, 0.6) is 0 Å². The van der Waals surface area contributed by atoms with Crippen molar-refractivity contribution in [3.05, 3.63) is 45.5 Å². The SMILES string of the molecule is Cn1nc(CN2CCC(=O)N(Cc3cscn3)CC2)c2c(Cl)cccc21. The summed E-state index contributed by atoms with van der Waals surface area (Å²) in [4.78, 5) is 20.9. The monoisotopic (exact) mass is 389 g/mol. The number of fused-ring (bicyclic) bond motifs is 1. The number of amides is 1. The van der Waals surface area contributed by atoms with Crippen molar-refractivity contribution in [3.63, 3.8) is 0 Å². The molecule has 26 heavy (non-hydrogen) atoms. The van der Waals surface area contributed by atoms with E-state index in [4.69, 9.17) is 11.6 Å². The van der Waals surface area contributed by atoms with E-state index in [9.17, 15) is 4.79 Å². The molecule has 8 heteroatoms. The van der Waals surface area contributed by atoms with Gasteiger partial charge in [0.25, 0.3) is 0 Å². The molecule has 0 spiro atoms. The van der Waals surface area contributed by atoms with E-state index in [0.717, 1.165) is 40.4 Å². The molecule has 0 N–H and O–H groups in total. The average molecular weight is 390 g/mol. The minimum Gasteiger partial charge on any atom is -0.335 e. The van der Waals surface area contributed by atoms with Gasteiger partial charge in [-0.15, -0.1) is 11.3 Å². The summed E-state index contributed by atoms with van der Waals surface area (Å²) in [5.74, 6) is 0.185. The Morgan fingerprint density at radius 3 is 2.92 bits per heavy atom. The predicted molar refractivity (Wildman–Crippen MR) is 103 cm³/mol. The second kappa shape index (κ2) is 7.34. The maximum atomic E-state index is 12.4. The molecule has 0 atom stereocenters. The molecular formula is C18H20ClN5OS. The van der Waals surface area contributed by atoms with Gasteiger partial charge >= 0.3 is 0 Å². The zero-order valence-corrected chi connectivity index (χ0v) is 16.1. The molecule has 4 rings (SSSR count). The molecule has 1 fully saturated rings. The third-order valence-corrected chi connectivity index (χ3v) is 5.74. The molecule has 3 aromatic rings. The van der Waals surface area contributed by atoms with Gasteiger partial charge in [0, 0.05) is 50.4 Å². The summed E-state index contributed by atoms with van der Waals surface area (Å²) in [7, 11) is 1.93. The first-order chi connectivity index (χ1) is 12.6. The highest BCUT2D eigenvalue weighted by molar-refractivity contribution is 7.07. The van der Waals surface area contributed by atoms with E-state index in [2.05, 4.69) is 15.0 Å². The second-order valence-corrected chi connectivity index (χ2v) is 7.65. The number of carbonyl (C=O) groups excluding carboxylic acids is 1. The second-order valence-electron chi connectivity index (χ2n) is 6.53. The summed E-state index contributed by atoms with van der Waals surface area (Å²) < 4.78 is 1.87. The van der Waals surface area contributed by atoms with Crippen molar-refractivity contribution in [2.24, 2.45) is 7.05 Å². The highest BCUT2D eigenvalue weighted by atomic mass is 35.5. The molecule has 1 aromatic carbocycles. The Morgan fingerprint density at radius 1 is 1.23 bits per heavy atom. The number of benzene rings is 1. The zero-order valence-electron chi connectivity index (χ0n) is 14.6. The van der Waals surface area contributed by atoms with E-state index in [0.29, 0.717) is 26.1 Å². The maximum absolute atomic E-state index is 12.4. The minimum atomic E-state index is 0.185. The number of carbonyl (C=O) groups is 1. The summed E-state index contributed by atoms with van der Waals surface area (Å²) in [6, 6.07) is 5.87. The van der Waals surface area contributed by atoms with Crippen LogP contribution in [-0.4, -0.2) is 50.1 Å². The van der Waals surface area contributed by atoms with Crippen LogP contribution >= 0.6 is 22.9 Å². The molecule has 0 radical (unpaired) electrons. The van der Waals surface area contributed by atoms with Crippen LogP contribution in [-0.2, 0) is 24.9 Å². The molecule has 1 saturated heterocycles. The molecule has 136 valence electrons. The van der Waals surface area contributed by atoms with E-state index in [1.54, 1.807) is 16.8 Å². The number of thiazole rings is 1. The normalized spacial score (nSPS) is 16.4. The van der Waals surface area contributed by atoms with Crippen molar-refractivity contribution in [2.75, 3.05) is 19.6 Å². The van der Waals surface area contributed by atoms with Crippen molar-refractivity contribution in [1.29, 1.82) is 0 Å². The lowest BCUT2D eigenvalue weighted by Gasteiger charge is -2.21. The first kappa shape index (κ1) is 17.5. The smallest absolute Gasteiger partial charge is 0.224 e. The van der Waals surface area contributed by atoms with Gasteiger partial charge in [0.1, 0.15) is 0 Å². The molecule has 6 nitrogen and oxygen atoms in total. The summed E-state index contributed by atoms with van der Waals surface area (Å²) in [5.41, 5.74) is 4.76. The third-order valence-electron chi connectivity index (χ3n) is 4.79. The third kappa shape index (κ3) is 3.47. The van der Waals surface area contributed by atoms with Crippen molar-refractivity contribution < 1.29 is 4.79 Å². The molecule has 1 aliphatic heterocycles. The number of aromatic nitrogens is 3. The van der Waals surface area contributed by atoms with Crippen molar-refractivity contribution in [1.82, 2.24) is 24.6 Å². The Morgan fingerprint density at radius 2 is 2.12 bits per heavy atom. The lowest BCUT2D eigenvalue weighted by atomic mass is 10.2. The van der Waals surface area contributed by atoms with Crippen LogP contribution in [0.1, 0.15) is 17.8 Å². The number of halogens is 1. The standard InChI is InChI=1S/C18H20ClN5OS/c1-22-16-4-2-3-14(19)18(16)15(21-22)10-23-6-5-17(25)24(8-7-23)9-13-11-26-12-20-13/h2-4,11-12H,5-10H2,1H3. The van der Waals surface area contributed by atoms with Crippen LogP contribution in [0.2, 0.25) is 5.02 Å². The minimum absolute atomic E-state index is 0.185. The molecule has 0 unspecified atom stereocenters. The Kier molecular flexibility index (Phi) is 4.93. The number of nitrogens with zero attached hydrogens (tertiary/aromatic N) is 5. The number of hydrogen-bond donors (Lipinski definition) is 0. The Labute approximate surface area is 161 Å². The highest BCUT2D eigenvalue weighted by Gasteiger charge is 2.23. The van der Waals surface area contributed by atoms with Gasteiger partial charge in [-0.3, -0.25) is 14.4 Å². The number of hydrogen-bond acceptors (Lipinski definition) is 5. The van der Waals surface area contributed by atoms with E-state index < -0.39 is 0 Å². The lowest BCUT2D eigenvalue weighted by Crippen LogP contribution is -2.32. The lowest BCUT2D eigenvalue weighted by molar-refractivity contribution is -0.131. The Balaban J connectivity index is 1.49. The molecule has 0 bridgehead atoms. The molecule has 0 saturated carbocycles. The van der Waals surface area contributed by atoms with Gasteiger partial charge in [0.2, 0.25) is 5.91 Å². The van der Waals surface area contributed by atoms with Crippen molar-refractivity contribution >= 4 is 39.7 Å². The Hall–Kier alpha value is -1.96. The quantitative estimate of drug-likeness (QED) is 0.688. The molecular weight excluding hydrogens is 370 g/mol. The molecule has 3 heterocycles. The first-order valence-electron chi connectivity index (χ1n) is 8.59. The van der Waals surface area contributed by atoms with Crippen LogP contribution in [0.25, 0.3) is 10.9 Å². The number of aryl methyl sites for hydroxylation is 1. The van der Waals surface area contributed by atoms with E-state index >= 15 is 0 Å². The Bertz CT molecular complexity index is 923. The van der Waals surface area contributed by atoms with Crippen LogP contribution in [0, 0.1) is 0 Å². The molecule has 2 aromatic heterocycles. The topological polar surface area (TPSA) is 54.3 Å². The summed E-state index contributed by atoms with van der Waals surface area (Å²) in [6.07, 6.45) is 0.517. The van der Waals surface area contributed by atoms with Gasteiger partial charge in [-0.25, -0.2) is 4.98 Å². The van der Waals surface area contributed by atoms with Crippen LogP contribution in [0.4, 0.5) is 0 Å². The molecule has 1 amide bonds. The molecule has 0 aliphatic carbocycles. The van der Waals surface area contributed by atoms with Gasteiger partial charge in [0.15, 0.2) is 0 Å². The fourth-order valence-corrected chi connectivity index (χ4v) is 4.25. The van der Waals surface area contributed by atoms with E-state index in [-0.39, 0.29) is 5.91 Å². The summed E-state index contributed by atoms with van der Waals surface area (Å²) >= 11 is 7.97. The van der Waals surface area contributed by atoms with Gasteiger partial charge < -0.3 is 4.90 Å². The molecule has 1 aliphatic rings. The fourth-order valence-electron chi connectivity index (χ4n) is 3.42. The number of rotatable bonds is 4. The first-order valence-corrected chi connectivity index (χ1v) is 9.91. The zero-order chi connectivity index (χ0) is 18.1. The summed E-state index contributed by atoms with van der Waals surface area (Å²) in [5, 5.41) is 8.39. The van der Waals surface area contributed by atoms with Crippen LogP contribution in [0.15, 0.2) is 29.1 Å². The van der Waals surface area contributed by atoms with Crippen LogP contribution in [0.3, 0.4) is 0 Å². The van der Waals surface area contributed by atoms with Gasteiger partial charge in [0.05, 0.1) is 34.0 Å². The van der Waals surface area contributed by atoms with E-state index in [1.165, 1.54) is 0 Å². The highest BCUT2D eigenvalue weighted by Crippen LogP contribution is 2.27. The largest absolute Gasteiger partial charge is 0.335 e.